The van der Waals surface area contributed by atoms with Crippen LogP contribution in [0.5, 0.6) is 5.75 Å². The molecular formula is C18H21N7O2. The van der Waals surface area contributed by atoms with Crippen LogP contribution in [0.1, 0.15) is 17.9 Å². The molecule has 4 rings (SSSR count). The summed E-state index contributed by atoms with van der Waals surface area (Å²) in [6, 6.07) is 5.53. The van der Waals surface area contributed by atoms with E-state index >= 15 is 0 Å². The minimum absolute atomic E-state index is 0.0600. The first kappa shape index (κ1) is 17.2. The maximum atomic E-state index is 9.00. The molecule has 2 unspecified atom stereocenters. The zero-order valence-electron chi connectivity index (χ0n) is 14.9. The van der Waals surface area contributed by atoms with Gasteiger partial charge in [0, 0.05) is 17.5 Å². The van der Waals surface area contributed by atoms with Gasteiger partial charge in [-0.1, -0.05) is 6.07 Å². The maximum absolute atomic E-state index is 9.00. The predicted molar refractivity (Wildman–Crippen MR) is 102 cm³/mol. The summed E-state index contributed by atoms with van der Waals surface area (Å²) in [7, 11) is 1.58. The van der Waals surface area contributed by atoms with E-state index in [4.69, 9.17) is 21.3 Å². The Hall–Kier alpha value is -3.20. The van der Waals surface area contributed by atoms with E-state index in [1.54, 1.807) is 11.8 Å². The highest BCUT2D eigenvalue weighted by Crippen LogP contribution is 2.48. The maximum Gasteiger partial charge on any atom is 0.222 e. The second-order valence-corrected chi connectivity index (χ2v) is 6.51. The molecule has 2 atom stereocenters. The largest absolute Gasteiger partial charge is 0.494 e. The van der Waals surface area contributed by atoms with Crippen molar-refractivity contribution in [2.75, 3.05) is 19.5 Å². The molecule has 0 aliphatic heterocycles. The van der Waals surface area contributed by atoms with Gasteiger partial charge in [0.2, 0.25) is 5.95 Å². The van der Waals surface area contributed by atoms with Crippen LogP contribution in [0.15, 0.2) is 35.6 Å². The van der Waals surface area contributed by atoms with E-state index in [1.807, 2.05) is 30.6 Å². The van der Waals surface area contributed by atoms with Gasteiger partial charge in [0.1, 0.15) is 17.1 Å². The highest BCUT2D eigenvalue weighted by Gasteiger charge is 2.42. The van der Waals surface area contributed by atoms with Gasteiger partial charge in [-0.15, -0.1) is 0 Å². The first-order valence-corrected chi connectivity index (χ1v) is 8.68. The van der Waals surface area contributed by atoms with Crippen LogP contribution in [0.2, 0.25) is 0 Å². The zero-order chi connectivity index (χ0) is 19.0. The van der Waals surface area contributed by atoms with Gasteiger partial charge in [-0.2, -0.15) is 10.1 Å². The van der Waals surface area contributed by atoms with Crippen LogP contribution in [0.4, 0.5) is 11.8 Å². The van der Waals surface area contributed by atoms with Gasteiger partial charge in [0.05, 0.1) is 26.5 Å². The second kappa shape index (κ2) is 6.84. The Morgan fingerprint density at radius 2 is 2.26 bits per heavy atom. The average molecular weight is 367 g/mol. The summed E-state index contributed by atoms with van der Waals surface area (Å²) in [4.78, 5) is 13.1. The first-order valence-electron chi connectivity index (χ1n) is 8.68. The summed E-state index contributed by atoms with van der Waals surface area (Å²) >= 11 is 0. The Kier molecular flexibility index (Phi) is 4.36. The molecule has 9 nitrogen and oxygen atoms in total. The molecule has 1 aliphatic rings. The molecule has 0 amide bonds. The summed E-state index contributed by atoms with van der Waals surface area (Å²) in [5, 5.41) is 14.0. The number of aromatic nitrogens is 4. The summed E-state index contributed by atoms with van der Waals surface area (Å²) in [6.07, 6.45) is 4.66. The van der Waals surface area contributed by atoms with Crippen molar-refractivity contribution >= 4 is 28.5 Å². The van der Waals surface area contributed by atoms with Crippen LogP contribution >= 0.6 is 0 Å². The fraction of sp³-hybridized carbons (Fsp3) is 0.333. The molecular weight excluding hydrogens is 346 g/mol. The van der Waals surface area contributed by atoms with E-state index in [0.717, 1.165) is 17.4 Å². The number of nitrogens with two attached hydrogens (primary N) is 2. The molecule has 1 fully saturated rings. The highest BCUT2D eigenvalue weighted by molar-refractivity contribution is 5.97. The van der Waals surface area contributed by atoms with Crippen LogP contribution in [0.3, 0.4) is 0 Å². The predicted octanol–water partition coefficient (Wildman–Crippen LogP) is 1.20. The first-order chi connectivity index (χ1) is 13.1. The highest BCUT2D eigenvalue weighted by atomic mass is 16.5. The Morgan fingerprint density at radius 3 is 3.04 bits per heavy atom. The number of aliphatic hydroxyl groups excluding tert-OH is 1. The number of fused-ring (bicyclic) bond motifs is 1. The fourth-order valence-corrected chi connectivity index (χ4v) is 3.27. The number of hydrogen-bond acceptors (Lipinski definition) is 7. The molecule has 3 aromatic rings. The standard InChI is InChI=1S/C18H21N7O2/c1-27-14-4-2-3-11-15(14)22-18(20)24-17(11)23-16(19)13-7-12(13)10-8-21-25(9-10)5-6-26/h2-4,8-9,12-13,26H,5-7H2,1H3,(H4,19,20,22,23,24). The van der Waals surface area contributed by atoms with Crippen molar-refractivity contribution in [2.24, 2.45) is 16.6 Å². The number of benzene rings is 1. The molecule has 0 radical (unpaired) electrons. The number of para-hydroxylation sites is 1. The average Bonchev–Trinajstić information content (AvgIpc) is 3.33. The Labute approximate surface area is 155 Å². The molecule has 140 valence electrons. The van der Waals surface area contributed by atoms with E-state index in [1.165, 1.54) is 0 Å². The molecule has 1 aromatic carbocycles. The van der Waals surface area contributed by atoms with Crippen LogP contribution < -0.4 is 16.2 Å². The molecule has 27 heavy (non-hydrogen) atoms. The van der Waals surface area contributed by atoms with Gasteiger partial charge in [-0.05, 0) is 30.0 Å². The van der Waals surface area contributed by atoms with Crippen molar-refractivity contribution in [2.45, 2.75) is 18.9 Å². The number of aliphatic hydroxyl groups is 1. The molecule has 0 saturated heterocycles. The Balaban J connectivity index is 1.62. The molecule has 1 aliphatic carbocycles. The van der Waals surface area contributed by atoms with Gasteiger partial charge < -0.3 is 21.3 Å². The zero-order valence-corrected chi connectivity index (χ0v) is 14.9. The molecule has 2 heterocycles. The normalized spacial score (nSPS) is 19.4. The number of ether oxygens (including phenoxy) is 1. The van der Waals surface area contributed by atoms with E-state index in [9.17, 15) is 0 Å². The number of hydrogen-bond donors (Lipinski definition) is 3. The molecule has 0 bridgehead atoms. The lowest BCUT2D eigenvalue weighted by Gasteiger charge is -2.07. The topological polar surface area (TPSA) is 137 Å². The third kappa shape index (κ3) is 3.28. The quantitative estimate of drug-likeness (QED) is 0.439. The summed E-state index contributed by atoms with van der Waals surface area (Å²) in [5.74, 6) is 2.09. The van der Waals surface area contributed by atoms with Gasteiger partial charge in [-0.25, -0.2) is 9.98 Å². The van der Waals surface area contributed by atoms with Crippen LogP contribution in [0.25, 0.3) is 10.9 Å². The number of methoxy groups -OCH3 is 1. The van der Waals surface area contributed by atoms with Crippen LogP contribution in [0, 0.1) is 5.92 Å². The lowest BCUT2D eigenvalue weighted by Crippen LogP contribution is -2.15. The third-order valence-corrected chi connectivity index (χ3v) is 4.72. The lowest BCUT2D eigenvalue weighted by atomic mass is 10.2. The molecule has 1 saturated carbocycles. The minimum atomic E-state index is 0.0600. The van der Waals surface area contributed by atoms with Crippen LogP contribution in [-0.2, 0) is 6.54 Å². The fourth-order valence-electron chi connectivity index (χ4n) is 3.27. The van der Waals surface area contributed by atoms with Gasteiger partial charge in [0.15, 0.2) is 5.82 Å². The molecule has 0 spiro atoms. The summed E-state index contributed by atoms with van der Waals surface area (Å²) in [5.41, 5.74) is 13.8. The number of nitrogens with zero attached hydrogens (tertiary/aromatic N) is 5. The smallest absolute Gasteiger partial charge is 0.222 e. The van der Waals surface area contributed by atoms with Crippen molar-refractivity contribution in [1.82, 2.24) is 19.7 Å². The molecule has 5 N–H and O–H groups in total. The summed E-state index contributed by atoms with van der Waals surface area (Å²) < 4.78 is 7.07. The molecule has 2 aromatic heterocycles. The number of amidine groups is 1. The van der Waals surface area contributed by atoms with E-state index in [0.29, 0.717) is 29.5 Å². The van der Waals surface area contributed by atoms with Crippen molar-refractivity contribution in [3.63, 3.8) is 0 Å². The lowest BCUT2D eigenvalue weighted by molar-refractivity contribution is 0.269. The number of rotatable bonds is 6. The van der Waals surface area contributed by atoms with E-state index < -0.39 is 0 Å². The van der Waals surface area contributed by atoms with Crippen molar-refractivity contribution in [1.29, 1.82) is 0 Å². The number of aliphatic imine (C=N–C) groups is 1. The van der Waals surface area contributed by atoms with E-state index in [-0.39, 0.29) is 24.4 Å². The van der Waals surface area contributed by atoms with E-state index in [2.05, 4.69) is 20.1 Å². The number of nitrogen functional groups attached to an aromatic ring is 1. The Bertz CT molecular complexity index is 1010. The van der Waals surface area contributed by atoms with Gasteiger partial charge in [0.25, 0.3) is 0 Å². The van der Waals surface area contributed by atoms with Gasteiger partial charge in [-0.3, -0.25) is 4.68 Å². The van der Waals surface area contributed by atoms with Crippen LogP contribution in [-0.4, -0.2) is 44.4 Å². The van der Waals surface area contributed by atoms with Crippen molar-refractivity contribution < 1.29 is 9.84 Å². The second-order valence-electron chi connectivity index (χ2n) is 6.51. The van der Waals surface area contributed by atoms with Gasteiger partial charge >= 0.3 is 0 Å². The van der Waals surface area contributed by atoms with Crippen molar-refractivity contribution in [3.8, 4) is 5.75 Å². The number of anilines is 1. The molecule has 9 heteroatoms. The third-order valence-electron chi connectivity index (χ3n) is 4.72. The Morgan fingerprint density at radius 1 is 1.41 bits per heavy atom. The minimum Gasteiger partial charge on any atom is -0.494 e. The monoisotopic (exact) mass is 367 g/mol. The van der Waals surface area contributed by atoms with Crippen molar-refractivity contribution in [3.05, 3.63) is 36.2 Å². The summed E-state index contributed by atoms with van der Waals surface area (Å²) in [6.45, 7) is 0.541. The SMILES string of the molecule is COc1cccc2c(N=C(N)C3CC3c3cnn(CCO)c3)nc(N)nc12.